The largest absolute Gasteiger partial charge is 0.353 e. The number of fused-ring (bicyclic) bond motifs is 1. The van der Waals surface area contributed by atoms with Gasteiger partial charge in [-0.25, -0.2) is 15.0 Å². The van der Waals surface area contributed by atoms with E-state index in [4.69, 9.17) is 9.97 Å². The van der Waals surface area contributed by atoms with Crippen molar-refractivity contribution in [3.63, 3.8) is 0 Å². The van der Waals surface area contributed by atoms with E-state index in [9.17, 15) is 13.8 Å². The van der Waals surface area contributed by atoms with E-state index in [1.54, 1.807) is 11.2 Å². The summed E-state index contributed by atoms with van der Waals surface area (Å²) in [4.78, 5) is 50.9. The van der Waals surface area contributed by atoms with Crippen molar-refractivity contribution < 1.29 is 13.8 Å². The highest BCUT2D eigenvalue weighted by Crippen LogP contribution is 2.31. The molecule has 2 aromatic heterocycles. The van der Waals surface area contributed by atoms with Gasteiger partial charge in [0.1, 0.15) is 23.1 Å². The molecular weight excluding hydrogens is 504 g/mol. The maximum Gasteiger partial charge on any atom is 0.230 e. The lowest BCUT2D eigenvalue weighted by Crippen LogP contribution is -2.49. The molecule has 1 aromatic carbocycles. The molecule has 11 nitrogen and oxygen atoms in total. The number of nitrogens with zero attached hydrogens (tertiary/aromatic N) is 8. The summed E-state index contributed by atoms with van der Waals surface area (Å²) in [6, 6.07) is 10.2. The lowest BCUT2D eigenvalue weighted by molar-refractivity contribution is -0.135. The Morgan fingerprint density at radius 1 is 0.921 bits per heavy atom. The van der Waals surface area contributed by atoms with Crippen LogP contribution in [0.25, 0.3) is 11.0 Å². The molecule has 0 radical (unpaired) electrons. The Morgan fingerprint density at radius 3 is 2.32 bits per heavy atom. The van der Waals surface area contributed by atoms with Gasteiger partial charge in [0.2, 0.25) is 11.9 Å². The van der Waals surface area contributed by atoms with Gasteiger partial charge in [-0.3, -0.25) is 13.8 Å². The minimum absolute atomic E-state index is 0.0681. The third kappa shape index (κ3) is 5.74. The molecule has 1 amide bonds. The number of carbonyl (C=O) groups is 2. The second-order valence-electron chi connectivity index (χ2n) is 9.67. The number of amides is 1. The number of piperazine rings is 1. The molecule has 3 aromatic rings. The SMILES string of the molecule is CC(=O)CC(=O)N1CCN(c2nc(N3CCS(=O)CC3)c3ncnc(N(C)Cc4ccccc4)c3n2)CC1. The van der Waals surface area contributed by atoms with E-state index in [0.29, 0.717) is 85.9 Å². The van der Waals surface area contributed by atoms with Crippen LogP contribution in [-0.4, -0.2) is 98.6 Å². The Hall–Kier alpha value is -3.67. The van der Waals surface area contributed by atoms with Gasteiger partial charge in [-0.1, -0.05) is 30.3 Å². The van der Waals surface area contributed by atoms with Gasteiger partial charge >= 0.3 is 0 Å². The zero-order chi connectivity index (χ0) is 26.6. The minimum atomic E-state index is -0.823. The lowest BCUT2D eigenvalue weighted by Gasteiger charge is -2.35. The first-order chi connectivity index (χ1) is 18.4. The summed E-state index contributed by atoms with van der Waals surface area (Å²) < 4.78 is 12.0. The number of benzene rings is 1. The monoisotopic (exact) mass is 536 g/mol. The molecule has 0 unspecified atom stereocenters. The zero-order valence-electron chi connectivity index (χ0n) is 21.7. The second-order valence-corrected chi connectivity index (χ2v) is 11.4. The predicted octanol–water partition coefficient (Wildman–Crippen LogP) is 1.25. The van der Waals surface area contributed by atoms with Crippen LogP contribution in [-0.2, 0) is 26.9 Å². The Morgan fingerprint density at radius 2 is 1.63 bits per heavy atom. The van der Waals surface area contributed by atoms with E-state index in [2.05, 4.69) is 36.8 Å². The summed E-state index contributed by atoms with van der Waals surface area (Å²) in [7, 11) is 1.16. The van der Waals surface area contributed by atoms with Crippen molar-refractivity contribution in [2.24, 2.45) is 0 Å². The fourth-order valence-electron chi connectivity index (χ4n) is 4.81. The molecule has 2 aliphatic rings. The normalized spacial score (nSPS) is 16.6. The van der Waals surface area contributed by atoms with Crippen LogP contribution in [0, 0.1) is 0 Å². The molecule has 0 bridgehead atoms. The highest BCUT2D eigenvalue weighted by molar-refractivity contribution is 7.85. The minimum Gasteiger partial charge on any atom is -0.353 e. The van der Waals surface area contributed by atoms with Crippen LogP contribution in [0.5, 0.6) is 0 Å². The average Bonchev–Trinajstić information content (AvgIpc) is 2.93. The van der Waals surface area contributed by atoms with Crippen LogP contribution in [0.3, 0.4) is 0 Å². The third-order valence-corrected chi connectivity index (χ3v) is 8.13. The fourth-order valence-corrected chi connectivity index (χ4v) is 5.86. The Bertz CT molecular complexity index is 1340. The van der Waals surface area contributed by atoms with Crippen LogP contribution in [0.15, 0.2) is 36.7 Å². The molecule has 2 aliphatic heterocycles. The first-order valence-corrected chi connectivity index (χ1v) is 14.3. The Kier molecular flexibility index (Phi) is 7.77. The molecular formula is C26H32N8O3S. The number of ketones is 1. The number of aromatic nitrogens is 4. The first-order valence-electron chi connectivity index (χ1n) is 12.8. The smallest absolute Gasteiger partial charge is 0.230 e. The molecule has 0 aliphatic carbocycles. The third-order valence-electron chi connectivity index (χ3n) is 6.85. The lowest BCUT2D eigenvalue weighted by atomic mass is 10.2. The van der Waals surface area contributed by atoms with E-state index in [1.165, 1.54) is 6.92 Å². The summed E-state index contributed by atoms with van der Waals surface area (Å²) in [5, 5.41) is 0. The molecule has 200 valence electrons. The highest BCUT2D eigenvalue weighted by Gasteiger charge is 2.27. The summed E-state index contributed by atoms with van der Waals surface area (Å²) in [5.74, 6) is 2.88. The van der Waals surface area contributed by atoms with Gasteiger partial charge in [0.25, 0.3) is 0 Å². The first kappa shape index (κ1) is 26.0. The number of hydrogen-bond donors (Lipinski definition) is 0. The molecule has 5 rings (SSSR count). The van der Waals surface area contributed by atoms with Crippen molar-refractivity contribution in [1.82, 2.24) is 24.8 Å². The maximum absolute atomic E-state index is 12.4. The Balaban J connectivity index is 1.49. The van der Waals surface area contributed by atoms with Crippen LogP contribution in [0.1, 0.15) is 18.9 Å². The van der Waals surface area contributed by atoms with Gasteiger partial charge < -0.3 is 19.6 Å². The van der Waals surface area contributed by atoms with Gasteiger partial charge in [-0.15, -0.1) is 0 Å². The van der Waals surface area contributed by atoms with E-state index in [0.717, 1.165) is 5.56 Å². The van der Waals surface area contributed by atoms with E-state index >= 15 is 0 Å². The highest BCUT2D eigenvalue weighted by atomic mass is 32.2. The van der Waals surface area contributed by atoms with Crippen LogP contribution >= 0.6 is 0 Å². The quantitative estimate of drug-likeness (QED) is 0.409. The van der Waals surface area contributed by atoms with Crippen molar-refractivity contribution in [2.75, 3.05) is 72.5 Å². The average molecular weight is 537 g/mol. The van der Waals surface area contributed by atoms with Crippen LogP contribution in [0.4, 0.5) is 17.6 Å². The van der Waals surface area contributed by atoms with Crippen molar-refractivity contribution in [3.8, 4) is 0 Å². The van der Waals surface area contributed by atoms with Crippen molar-refractivity contribution in [1.29, 1.82) is 0 Å². The summed E-state index contributed by atoms with van der Waals surface area (Å²) in [6.45, 7) is 5.46. The molecule has 0 spiro atoms. The molecule has 38 heavy (non-hydrogen) atoms. The number of carbonyl (C=O) groups excluding carboxylic acids is 2. The molecule has 4 heterocycles. The number of hydrogen-bond acceptors (Lipinski definition) is 10. The molecule has 2 fully saturated rings. The molecule has 0 N–H and O–H groups in total. The molecule has 0 saturated carbocycles. The molecule has 12 heteroatoms. The Labute approximate surface area is 224 Å². The predicted molar refractivity (Wildman–Crippen MR) is 148 cm³/mol. The summed E-state index contributed by atoms with van der Waals surface area (Å²) >= 11 is 0. The van der Waals surface area contributed by atoms with E-state index in [-0.39, 0.29) is 18.1 Å². The van der Waals surface area contributed by atoms with Gasteiger partial charge in [-0.2, -0.15) is 4.98 Å². The van der Waals surface area contributed by atoms with Gasteiger partial charge in [0.05, 0.1) is 6.42 Å². The van der Waals surface area contributed by atoms with Crippen molar-refractivity contribution in [3.05, 3.63) is 42.2 Å². The summed E-state index contributed by atoms with van der Waals surface area (Å²) in [5.41, 5.74) is 2.48. The van der Waals surface area contributed by atoms with Crippen molar-refractivity contribution in [2.45, 2.75) is 19.9 Å². The molecule has 2 saturated heterocycles. The zero-order valence-corrected chi connectivity index (χ0v) is 22.6. The number of rotatable bonds is 7. The van der Waals surface area contributed by atoms with Gasteiger partial charge in [-0.05, 0) is 12.5 Å². The standard InChI is InChI=1S/C26H32N8O3S/c1-19(35)16-21(36)32-8-10-34(11-9-32)26-29-23-22(25(30-26)33-12-14-38(37)15-13-33)27-18-28-24(23)31(2)17-20-6-4-3-5-7-20/h3-7,18H,8-17H2,1-2H3. The van der Waals surface area contributed by atoms with E-state index in [1.807, 2.05) is 25.2 Å². The van der Waals surface area contributed by atoms with Gasteiger partial charge in [0, 0.05) is 75.2 Å². The van der Waals surface area contributed by atoms with Crippen LogP contribution < -0.4 is 14.7 Å². The fraction of sp³-hybridized carbons (Fsp3) is 0.462. The molecule has 0 atom stereocenters. The maximum atomic E-state index is 12.4. The number of anilines is 3. The topological polar surface area (TPSA) is 116 Å². The second kappa shape index (κ2) is 11.4. The van der Waals surface area contributed by atoms with E-state index < -0.39 is 10.8 Å². The van der Waals surface area contributed by atoms with Crippen LogP contribution in [0.2, 0.25) is 0 Å². The number of Topliss-reactive ketones (excluding diaryl/α,β-unsaturated/α-hetero) is 1. The summed E-state index contributed by atoms with van der Waals surface area (Å²) in [6.07, 6.45) is 1.48. The van der Waals surface area contributed by atoms with Crippen molar-refractivity contribution >= 4 is 51.1 Å². The van der Waals surface area contributed by atoms with Gasteiger partial charge in [0.15, 0.2) is 11.6 Å².